The molecule has 1 aromatic carbocycles. The summed E-state index contributed by atoms with van der Waals surface area (Å²) in [6, 6.07) is 5.97. The van der Waals surface area contributed by atoms with Crippen molar-refractivity contribution in [1.82, 2.24) is 4.90 Å². The third-order valence-corrected chi connectivity index (χ3v) is 4.24. The van der Waals surface area contributed by atoms with Crippen molar-refractivity contribution in [3.8, 4) is 0 Å². The molecule has 0 heterocycles. The summed E-state index contributed by atoms with van der Waals surface area (Å²) in [5.41, 5.74) is 1.67. The van der Waals surface area contributed by atoms with Gasteiger partial charge in [0.15, 0.2) is 0 Å². The molecule has 1 aromatic rings. The molecular formula is C15H19Cl2NO. The van der Waals surface area contributed by atoms with Gasteiger partial charge in [-0.25, -0.2) is 0 Å². The third-order valence-electron chi connectivity index (χ3n) is 3.66. The second-order valence-corrected chi connectivity index (χ2v) is 5.89. The largest absolute Gasteiger partial charge is 0.336 e. The van der Waals surface area contributed by atoms with E-state index in [4.69, 9.17) is 23.2 Å². The second kappa shape index (κ2) is 6.62. The van der Waals surface area contributed by atoms with Crippen LogP contribution in [0.15, 0.2) is 18.2 Å². The molecule has 1 fully saturated rings. The van der Waals surface area contributed by atoms with Crippen LogP contribution in [0, 0.1) is 6.92 Å². The Kier molecular flexibility index (Phi) is 5.12. The van der Waals surface area contributed by atoms with Crippen molar-refractivity contribution >= 4 is 29.1 Å². The highest BCUT2D eigenvalue weighted by Crippen LogP contribution is 2.28. The van der Waals surface area contributed by atoms with Crippen molar-refractivity contribution < 1.29 is 4.79 Å². The van der Waals surface area contributed by atoms with Crippen LogP contribution in [-0.2, 0) is 0 Å². The number of aryl methyl sites for hydroxylation is 1. The van der Waals surface area contributed by atoms with Crippen LogP contribution in [0.4, 0.5) is 0 Å². The summed E-state index contributed by atoms with van der Waals surface area (Å²) in [7, 11) is 0. The molecule has 0 N–H and O–H groups in total. The molecule has 0 aliphatic heterocycles. The highest BCUT2D eigenvalue weighted by Gasteiger charge is 2.29. The highest BCUT2D eigenvalue weighted by molar-refractivity contribution is 6.33. The van der Waals surface area contributed by atoms with Gasteiger partial charge in [0.25, 0.3) is 5.91 Å². The van der Waals surface area contributed by atoms with Crippen LogP contribution < -0.4 is 0 Å². The van der Waals surface area contributed by atoms with Crippen LogP contribution in [0.1, 0.15) is 41.6 Å². The smallest absolute Gasteiger partial charge is 0.255 e. The van der Waals surface area contributed by atoms with E-state index in [0.717, 1.165) is 31.4 Å². The van der Waals surface area contributed by atoms with E-state index >= 15 is 0 Å². The van der Waals surface area contributed by atoms with Gasteiger partial charge in [-0.2, -0.15) is 0 Å². The number of nitrogens with zero attached hydrogens (tertiary/aromatic N) is 1. The number of carbonyl (C=O) groups is 1. The first-order valence-corrected chi connectivity index (χ1v) is 7.68. The molecule has 19 heavy (non-hydrogen) atoms. The van der Waals surface area contributed by atoms with Gasteiger partial charge in [-0.15, -0.1) is 11.6 Å². The van der Waals surface area contributed by atoms with Gasteiger partial charge in [0.2, 0.25) is 0 Å². The van der Waals surface area contributed by atoms with Crippen molar-refractivity contribution in [1.29, 1.82) is 0 Å². The maximum Gasteiger partial charge on any atom is 0.255 e. The van der Waals surface area contributed by atoms with Crippen molar-refractivity contribution in [2.45, 2.75) is 38.6 Å². The fourth-order valence-electron chi connectivity index (χ4n) is 2.33. The molecule has 1 aliphatic carbocycles. The van der Waals surface area contributed by atoms with Crippen LogP contribution in [0.5, 0.6) is 0 Å². The minimum absolute atomic E-state index is 0.0415. The maximum atomic E-state index is 12.6. The summed E-state index contributed by atoms with van der Waals surface area (Å²) in [6.07, 6.45) is 4.22. The number of benzene rings is 1. The van der Waals surface area contributed by atoms with E-state index in [1.165, 1.54) is 6.42 Å². The number of halogens is 2. The van der Waals surface area contributed by atoms with Gasteiger partial charge in [0, 0.05) is 18.5 Å². The second-order valence-electron chi connectivity index (χ2n) is 5.11. The average Bonchev–Trinajstić information content (AvgIpc) is 2.31. The van der Waals surface area contributed by atoms with Gasteiger partial charge in [0.1, 0.15) is 0 Å². The number of carbonyl (C=O) groups excluding carboxylic acids is 1. The monoisotopic (exact) mass is 299 g/mol. The standard InChI is InChI=1S/C15H19Cl2NO/c1-11-6-7-13(14(17)10-11)15(19)18(9-3-8-16)12-4-2-5-12/h6-7,10,12H,2-5,8-9H2,1H3. The molecule has 0 radical (unpaired) electrons. The van der Waals surface area contributed by atoms with Crippen LogP contribution in [-0.4, -0.2) is 29.3 Å². The lowest BCUT2D eigenvalue weighted by Gasteiger charge is -2.37. The van der Waals surface area contributed by atoms with Crippen LogP contribution >= 0.6 is 23.2 Å². The van der Waals surface area contributed by atoms with E-state index in [1.807, 2.05) is 30.0 Å². The SMILES string of the molecule is Cc1ccc(C(=O)N(CCCCl)C2CCC2)c(Cl)c1. The first-order chi connectivity index (χ1) is 9.13. The zero-order valence-electron chi connectivity index (χ0n) is 11.2. The minimum Gasteiger partial charge on any atom is -0.336 e. The Morgan fingerprint density at radius 2 is 2.16 bits per heavy atom. The Morgan fingerprint density at radius 3 is 2.68 bits per heavy atom. The molecule has 104 valence electrons. The summed E-state index contributed by atoms with van der Waals surface area (Å²) in [5.74, 6) is 0.623. The lowest BCUT2D eigenvalue weighted by Crippen LogP contribution is -2.45. The van der Waals surface area contributed by atoms with E-state index in [0.29, 0.717) is 22.5 Å². The predicted molar refractivity (Wildman–Crippen MR) is 80.2 cm³/mol. The molecule has 1 aliphatic rings. The zero-order chi connectivity index (χ0) is 13.8. The van der Waals surface area contributed by atoms with Crippen LogP contribution in [0.2, 0.25) is 5.02 Å². The summed E-state index contributed by atoms with van der Waals surface area (Å²) < 4.78 is 0. The van der Waals surface area contributed by atoms with E-state index in [2.05, 4.69) is 0 Å². The van der Waals surface area contributed by atoms with Gasteiger partial charge >= 0.3 is 0 Å². The van der Waals surface area contributed by atoms with Crippen molar-refractivity contribution in [2.24, 2.45) is 0 Å². The summed E-state index contributed by atoms with van der Waals surface area (Å²) in [5, 5.41) is 0.542. The van der Waals surface area contributed by atoms with E-state index in [-0.39, 0.29) is 5.91 Å². The molecule has 4 heteroatoms. The van der Waals surface area contributed by atoms with E-state index < -0.39 is 0 Å². The summed E-state index contributed by atoms with van der Waals surface area (Å²) in [4.78, 5) is 14.6. The fraction of sp³-hybridized carbons (Fsp3) is 0.533. The lowest BCUT2D eigenvalue weighted by atomic mass is 9.90. The van der Waals surface area contributed by atoms with Gasteiger partial charge in [-0.1, -0.05) is 17.7 Å². The maximum absolute atomic E-state index is 12.6. The lowest BCUT2D eigenvalue weighted by molar-refractivity contribution is 0.0581. The summed E-state index contributed by atoms with van der Waals surface area (Å²) in [6.45, 7) is 2.69. The molecule has 1 amide bonds. The number of hydrogen-bond donors (Lipinski definition) is 0. The fourth-order valence-corrected chi connectivity index (χ4v) is 2.76. The Hall–Kier alpha value is -0.730. The molecule has 0 aromatic heterocycles. The van der Waals surface area contributed by atoms with Gasteiger partial charge in [-0.05, 0) is 50.3 Å². The molecule has 2 nitrogen and oxygen atoms in total. The van der Waals surface area contributed by atoms with Crippen molar-refractivity contribution in [3.05, 3.63) is 34.3 Å². The topological polar surface area (TPSA) is 20.3 Å². The van der Waals surface area contributed by atoms with Gasteiger partial charge in [0.05, 0.1) is 10.6 Å². The number of rotatable bonds is 5. The molecule has 0 unspecified atom stereocenters. The Labute approximate surface area is 124 Å². The molecule has 0 atom stereocenters. The van der Waals surface area contributed by atoms with Crippen LogP contribution in [0.3, 0.4) is 0 Å². The predicted octanol–water partition coefficient (Wildman–Crippen LogP) is 4.27. The third kappa shape index (κ3) is 3.43. The normalized spacial score (nSPS) is 15.1. The van der Waals surface area contributed by atoms with Gasteiger partial charge < -0.3 is 4.90 Å². The molecule has 2 rings (SSSR count). The molecule has 0 spiro atoms. The van der Waals surface area contributed by atoms with Crippen LogP contribution in [0.25, 0.3) is 0 Å². The van der Waals surface area contributed by atoms with Crippen molar-refractivity contribution in [3.63, 3.8) is 0 Å². The number of alkyl halides is 1. The first-order valence-electron chi connectivity index (χ1n) is 6.76. The van der Waals surface area contributed by atoms with Crippen molar-refractivity contribution in [2.75, 3.05) is 12.4 Å². The number of hydrogen-bond acceptors (Lipinski definition) is 1. The zero-order valence-corrected chi connectivity index (χ0v) is 12.7. The summed E-state index contributed by atoms with van der Waals surface area (Å²) >= 11 is 11.9. The highest BCUT2D eigenvalue weighted by atomic mass is 35.5. The Bertz CT molecular complexity index is 457. The number of amides is 1. The van der Waals surface area contributed by atoms with E-state index in [1.54, 1.807) is 0 Å². The average molecular weight is 300 g/mol. The first kappa shape index (κ1) is 14.7. The van der Waals surface area contributed by atoms with E-state index in [9.17, 15) is 4.79 Å². The minimum atomic E-state index is 0.0415. The quantitative estimate of drug-likeness (QED) is 0.744. The molecule has 0 bridgehead atoms. The molecular weight excluding hydrogens is 281 g/mol. The van der Waals surface area contributed by atoms with Gasteiger partial charge in [-0.3, -0.25) is 4.79 Å². The Morgan fingerprint density at radius 1 is 1.42 bits per heavy atom. The molecule has 1 saturated carbocycles. The molecule has 0 saturated heterocycles. The Balaban J connectivity index is 2.17.